The molecule has 1 heterocycles. The standard InChI is InChI=1S/C14H19FN4/c1-5-16-10(3)14-11(4)19(18-17-14)13-8-12(15)7-6-9(13)2/h6-8,10,16H,5H2,1-4H3. The van der Waals surface area contributed by atoms with Gasteiger partial charge in [0.05, 0.1) is 17.4 Å². The zero-order valence-electron chi connectivity index (χ0n) is 11.7. The third-order valence-electron chi connectivity index (χ3n) is 3.25. The fraction of sp³-hybridized carbons (Fsp3) is 0.429. The molecule has 0 saturated carbocycles. The summed E-state index contributed by atoms with van der Waals surface area (Å²) in [4.78, 5) is 0. The Morgan fingerprint density at radius 3 is 2.79 bits per heavy atom. The molecule has 0 aliphatic carbocycles. The highest BCUT2D eigenvalue weighted by Crippen LogP contribution is 2.20. The molecule has 2 aromatic rings. The number of aromatic nitrogens is 3. The highest BCUT2D eigenvalue weighted by Gasteiger charge is 2.16. The van der Waals surface area contributed by atoms with Crippen LogP contribution in [0.15, 0.2) is 18.2 Å². The van der Waals surface area contributed by atoms with Gasteiger partial charge >= 0.3 is 0 Å². The molecule has 0 spiro atoms. The molecule has 5 heteroatoms. The molecule has 102 valence electrons. The van der Waals surface area contributed by atoms with Gasteiger partial charge < -0.3 is 5.32 Å². The molecule has 0 aliphatic heterocycles. The summed E-state index contributed by atoms with van der Waals surface area (Å²) in [6.45, 7) is 8.85. The van der Waals surface area contributed by atoms with Crippen LogP contribution in [0.1, 0.15) is 36.8 Å². The number of aryl methyl sites for hydroxylation is 1. The Morgan fingerprint density at radius 1 is 1.37 bits per heavy atom. The summed E-state index contributed by atoms with van der Waals surface area (Å²) in [5.74, 6) is -0.267. The van der Waals surface area contributed by atoms with Gasteiger partial charge in [-0.15, -0.1) is 5.10 Å². The number of nitrogens with zero attached hydrogens (tertiary/aromatic N) is 3. The third kappa shape index (κ3) is 2.66. The fourth-order valence-electron chi connectivity index (χ4n) is 2.18. The molecule has 0 amide bonds. The molecule has 2 rings (SSSR count). The number of hydrogen-bond donors (Lipinski definition) is 1. The number of rotatable bonds is 4. The minimum Gasteiger partial charge on any atom is -0.309 e. The van der Waals surface area contributed by atoms with E-state index >= 15 is 0 Å². The van der Waals surface area contributed by atoms with E-state index in [1.807, 2.05) is 27.7 Å². The zero-order valence-corrected chi connectivity index (χ0v) is 11.7. The van der Waals surface area contributed by atoms with E-state index in [0.717, 1.165) is 29.2 Å². The Kier molecular flexibility index (Phi) is 3.95. The molecule has 1 aromatic heterocycles. The number of benzene rings is 1. The average Bonchev–Trinajstić information content (AvgIpc) is 2.74. The predicted molar refractivity (Wildman–Crippen MR) is 72.9 cm³/mol. The van der Waals surface area contributed by atoms with Gasteiger partial charge in [0.25, 0.3) is 0 Å². The van der Waals surface area contributed by atoms with Gasteiger partial charge in [0.1, 0.15) is 11.5 Å². The summed E-state index contributed by atoms with van der Waals surface area (Å²) in [5.41, 5.74) is 3.53. The highest BCUT2D eigenvalue weighted by atomic mass is 19.1. The third-order valence-corrected chi connectivity index (χ3v) is 3.25. The van der Waals surface area contributed by atoms with Gasteiger partial charge in [-0.05, 0) is 45.0 Å². The van der Waals surface area contributed by atoms with Crippen LogP contribution in [0.2, 0.25) is 0 Å². The Hall–Kier alpha value is -1.75. The van der Waals surface area contributed by atoms with Crippen molar-refractivity contribution < 1.29 is 4.39 Å². The lowest BCUT2D eigenvalue weighted by Gasteiger charge is -2.11. The van der Waals surface area contributed by atoms with Crippen molar-refractivity contribution in [1.29, 1.82) is 0 Å². The second kappa shape index (κ2) is 5.48. The molecular formula is C14H19FN4. The maximum Gasteiger partial charge on any atom is 0.125 e. The molecule has 0 fully saturated rings. The van der Waals surface area contributed by atoms with Crippen molar-refractivity contribution >= 4 is 0 Å². The first-order valence-corrected chi connectivity index (χ1v) is 6.46. The topological polar surface area (TPSA) is 42.7 Å². The molecular weight excluding hydrogens is 243 g/mol. The van der Waals surface area contributed by atoms with Crippen LogP contribution >= 0.6 is 0 Å². The van der Waals surface area contributed by atoms with E-state index in [9.17, 15) is 4.39 Å². The van der Waals surface area contributed by atoms with E-state index in [1.165, 1.54) is 12.1 Å². The number of hydrogen-bond acceptors (Lipinski definition) is 3. The molecule has 0 aliphatic rings. The minimum absolute atomic E-state index is 0.132. The van der Waals surface area contributed by atoms with Gasteiger partial charge in [-0.2, -0.15) is 0 Å². The Labute approximate surface area is 112 Å². The van der Waals surface area contributed by atoms with E-state index < -0.39 is 0 Å². The van der Waals surface area contributed by atoms with Crippen molar-refractivity contribution in [3.05, 3.63) is 41.0 Å². The molecule has 4 nitrogen and oxygen atoms in total. The van der Waals surface area contributed by atoms with Crippen LogP contribution < -0.4 is 5.32 Å². The van der Waals surface area contributed by atoms with Crippen LogP contribution in [0.25, 0.3) is 5.69 Å². The van der Waals surface area contributed by atoms with Crippen LogP contribution in [-0.4, -0.2) is 21.5 Å². The maximum absolute atomic E-state index is 13.4. The van der Waals surface area contributed by atoms with E-state index in [2.05, 4.69) is 15.6 Å². The fourth-order valence-corrected chi connectivity index (χ4v) is 2.18. The average molecular weight is 262 g/mol. The predicted octanol–water partition coefficient (Wildman–Crippen LogP) is 2.69. The Morgan fingerprint density at radius 2 is 2.11 bits per heavy atom. The number of nitrogens with one attached hydrogen (secondary N) is 1. The molecule has 0 radical (unpaired) electrons. The lowest BCUT2D eigenvalue weighted by atomic mass is 10.1. The molecule has 0 saturated heterocycles. The van der Waals surface area contributed by atoms with E-state index in [4.69, 9.17) is 0 Å². The monoisotopic (exact) mass is 262 g/mol. The molecule has 1 atom stereocenters. The van der Waals surface area contributed by atoms with Crippen LogP contribution in [0.5, 0.6) is 0 Å². The van der Waals surface area contributed by atoms with Crippen molar-refractivity contribution in [3.63, 3.8) is 0 Å². The van der Waals surface area contributed by atoms with Gasteiger partial charge in [-0.25, -0.2) is 9.07 Å². The van der Waals surface area contributed by atoms with E-state index in [1.54, 1.807) is 10.7 Å². The minimum atomic E-state index is -0.267. The van der Waals surface area contributed by atoms with Gasteiger partial charge in [0.2, 0.25) is 0 Å². The van der Waals surface area contributed by atoms with Gasteiger partial charge in [-0.1, -0.05) is 18.2 Å². The summed E-state index contributed by atoms with van der Waals surface area (Å²) < 4.78 is 15.1. The smallest absolute Gasteiger partial charge is 0.125 e. The SMILES string of the molecule is CCNC(C)c1nnn(-c2cc(F)ccc2C)c1C. The van der Waals surface area contributed by atoms with Crippen LogP contribution in [0.4, 0.5) is 4.39 Å². The van der Waals surface area contributed by atoms with Gasteiger partial charge in [0, 0.05) is 0 Å². The highest BCUT2D eigenvalue weighted by molar-refractivity contribution is 5.41. The summed E-state index contributed by atoms with van der Waals surface area (Å²) in [6.07, 6.45) is 0. The molecule has 19 heavy (non-hydrogen) atoms. The molecule has 0 bridgehead atoms. The lowest BCUT2D eigenvalue weighted by Crippen LogP contribution is -2.19. The van der Waals surface area contributed by atoms with Crippen molar-refractivity contribution in [2.75, 3.05) is 6.54 Å². The van der Waals surface area contributed by atoms with Gasteiger partial charge in [0.15, 0.2) is 0 Å². The summed E-state index contributed by atoms with van der Waals surface area (Å²) in [6, 6.07) is 4.82. The van der Waals surface area contributed by atoms with E-state index in [0.29, 0.717) is 0 Å². The summed E-state index contributed by atoms with van der Waals surface area (Å²) in [5, 5.41) is 11.7. The first-order chi connectivity index (χ1) is 9.04. The van der Waals surface area contributed by atoms with Crippen molar-refractivity contribution in [2.45, 2.75) is 33.7 Å². The molecule has 1 N–H and O–H groups in total. The Bertz CT molecular complexity index is 577. The maximum atomic E-state index is 13.4. The number of halogens is 1. The largest absolute Gasteiger partial charge is 0.309 e. The summed E-state index contributed by atoms with van der Waals surface area (Å²) in [7, 11) is 0. The quantitative estimate of drug-likeness (QED) is 0.921. The normalized spacial score (nSPS) is 12.7. The summed E-state index contributed by atoms with van der Waals surface area (Å²) >= 11 is 0. The molecule has 1 unspecified atom stereocenters. The molecule has 1 aromatic carbocycles. The zero-order chi connectivity index (χ0) is 14.0. The van der Waals surface area contributed by atoms with Gasteiger partial charge in [-0.3, -0.25) is 0 Å². The lowest BCUT2D eigenvalue weighted by molar-refractivity contribution is 0.579. The second-order valence-electron chi connectivity index (χ2n) is 4.68. The van der Waals surface area contributed by atoms with Crippen molar-refractivity contribution in [1.82, 2.24) is 20.3 Å². The second-order valence-corrected chi connectivity index (χ2v) is 4.68. The first kappa shape index (κ1) is 13.7. The first-order valence-electron chi connectivity index (χ1n) is 6.46. The van der Waals surface area contributed by atoms with Crippen LogP contribution in [-0.2, 0) is 0 Å². The van der Waals surface area contributed by atoms with Crippen molar-refractivity contribution in [2.24, 2.45) is 0 Å². The van der Waals surface area contributed by atoms with Crippen LogP contribution in [0, 0.1) is 19.7 Å². The van der Waals surface area contributed by atoms with Crippen LogP contribution in [0.3, 0.4) is 0 Å². The Balaban J connectivity index is 2.44. The van der Waals surface area contributed by atoms with E-state index in [-0.39, 0.29) is 11.9 Å². The van der Waals surface area contributed by atoms with Crippen molar-refractivity contribution in [3.8, 4) is 5.69 Å².